The molecule has 0 saturated carbocycles. The second kappa shape index (κ2) is 3.95. The van der Waals surface area contributed by atoms with Crippen molar-refractivity contribution in [2.24, 2.45) is 5.73 Å². The summed E-state index contributed by atoms with van der Waals surface area (Å²) >= 11 is 4.50. The molecule has 0 fully saturated rings. The van der Waals surface area contributed by atoms with Gasteiger partial charge in [0, 0.05) is 0 Å². The molecule has 13 heavy (non-hydrogen) atoms. The van der Waals surface area contributed by atoms with Crippen LogP contribution in [0, 0.1) is 0 Å². The molecule has 0 spiro atoms. The van der Waals surface area contributed by atoms with E-state index in [1.54, 1.807) is 11.8 Å². The second-order valence-electron chi connectivity index (χ2n) is 2.65. The van der Waals surface area contributed by atoms with Crippen molar-refractivity contribution in [3.05, 3.63) is 40.9 Å². The number of nitrogens with two attached hydrogens (primary N) is 1. The summed E-state index contributed by atoms with van der Waals surface area (Å²) < 4.78 is -0.0735. The topological polar surface area (TPSA) is 26.0 Å². The molecule has 2 N–H and O–H groups in total. The number of hydrogen-bond acceptors (Lipinski definition) is 2. The van der Waals surface area contributed by atoms with E-state index in [4.69, 9.17) is 5.73 Å². The van der Waals surface area contributed by atoms with Gasteiger partial charge in [-0.3, -0.25) is 0 Å². The van der Waals surface area contributed by atoms with Gasteiger partial charge in [-0.1, -0.05) is 0 Å². The summed E-state index contributed by atoms with van der Waals surface area (Å²) in [6.07, 6.45) is 0. The molecular weight excluding hydrogens is 360 g/mol. The van der Waals surface area contributed by atoms with E-state index in [0.717, 1.165) is 0 Å². The monoisotopic (exact) mass is 369 g/mol. The van der Waals surface area contributed by atoms with Crippen LogP contribution in [0.15, 0.2) is 35.3 Å². The fourth-order valence-corrected chi connectivity index (χ4v) is 5.60. The SMILES string of the molecule is NC1(I)SC(c2ccccc2)=C[Se]1. The van der Waals surface area contributed by atoms with E-state index >= 15 is 0 Å². The van der Waals surface area contributed by atoms with Crippen LogP contribution in [0.5, 0.6) is 0 Å². The Morgan fingerprint density at radius 3 is 2.54 bits per heavy atom. The fraction of sp³-hybridized carbons (Fsp3) is 0.111. The van der Waals surface area contributed by atoms with E-state index in [-0.39, 0.29) is 1.78 Å². The summed E-state index contributed by atoms with van der Waals surface area (Å²) in [5, 5.41) is 0. The number of halogens is 1. The standard InChI is InChI=1S/C9H8INSSe/c10-9(11)12-8(6-13-9)7-4-2-1-3-5-7/h1-6H,11H2. The van der Waals surface area contributed by atoms with Crippen LogP contribution < -0.4 is 5.73 Å². The molecule has 1 aliphatic heterocycles. The molecule has 1 unspecified atom stereocenters. The van der Waals surface area contributed by atoms with Crippen molar-refractivity contribution in [3.63, 3.8) is 0 Å². The zero-order valence-corrected chi connectivity index (χ0v) is 11.4. The van der Waals surface area contributed by atoms with Gasteiger partial charge in [0.05, 0.1) is 0 Å². The predicted octanol–water partition coefficient (Wildman–Crippen LogP) is 2.44. The van der Waals surface area contributed by atoms with Crippen LogP contribution in [0.4, 0.5) is 0 Å². The van der Waals surface area contributed by atoms with E-state index in [0.29, 0.717) is 15.0 Å². The molecule has 0 amide bonds. The predicted molar refractivity (Wildman–Crippen MR) is 68.7 cm³/mol. The van der Waals surface area contributed by atoms with Crippen molar-refractivity contribution in [1.29, 1.82) is 0 Å². The maximum absolute atomic E-state index is 6.03. The fourth-order valence-electron chi connectivity index (χ4n) is 1.06. The molecule has 0 saturated heterocycles. The molecule has 1 aliphatic rings. The molecule has 0 aromatic heterocycles. The Bertz CT molecular complexity index is 337. The molecule has 0 radical (unpaired) electrons. The summed E-state index contributed by atoms with van der Waals surface area (Å²) in [4.78, 5) is 3.61. The number of alkyl halides is 1. The van der Waals surface area contributed by atoms with Gasteiger partial charge in [-0.25, -0.2) is 0 Å². The summed E-state index contributed by atoms with van der Waals surface area (Å²) in [5.41, 5.74) is 7.32. The molecule has 2 rings (SSSR count). The minimum atomic E-state index is -0.0735. The van der Waals surface area contributed by atoms with Crippen LogP contribution in [0.3, 0.4) is 0 Å². The van der Waals surface area contributed by atoms with Crippen LogP contribution in [0.2, 0.25) is 0 Å². The molecule has 1 nitrogen and oxygen atoms in total. The van der Waals surface area contributed by atoms with Crippen molar-refractivity contribution in [3.8, 4) is 0 Å². The second-order valence-corrected chi connectivity index (χ2v) is 10.9. The normalized spacial score (nSPS) is 27.4. The van der Waals surface area contributed by atoms with Gasteiger partial charge in [-0.15, -0.1) is 0 Å². The van der Waals surface area contributed by atoms with Crippen LogP contribution in [-0.2, 0) is 0 Å². The number of rotatable bonds is 1. The zero-order chi connectivity index (χ0) is 9.31. The van der Waals surface area contributed by atoms with Crippen molar-refractivity contribution >= 4 is 54.2 Å². The Labute approximate surface area is 102 Å². The zero-order valence-electron chi connectivity index (χ0n) is 6.74. The van der Waals surface area contributed by atoms with E-state index in [9.17, 15) is 0 Å². The first-order chi connectivity index (χ1) is 6.17. The Morgan fingerprint density at radius 1 is 1.31 bits per heavy atom. The molecular formula is C9H8INSSe. The number of thioether (sulfide) groups is 1. The van der Waals surface area contributed by atoms with Crippen LogP contribution in [-0.4, -0.2) is 16.7 Å². The molecule has 0 aliphatic carbocycles. The van der Waals surface area contributed by atoms with Crippen LogP contribution in [0.25, 0.3) is 4.91 Å². The van der Waals surface area contributed by atoms with Gasteiger partial charge in [0.15, 0.2) is 0 Å². The van der Waals surface area contributed by atoms with E-state index < -0.39 is 0 Å². The van der Waals surface area contributed by atoms with Gasteiger partial charge in [-0.05, 0) is 0 Å². The summed E-state index contributed by atoms with van der Waals surface area (Å²) in [5.74, 6) is 0. The Hall–Kier alpha value is 0.519. The van der Waals surface area contributed by atoms with Crippen molar-refractivity contribution in [1.82, 2.24) is 0 Å². The van der Waals surface area contributed by atoms with Gasteiger partial charge in [0.25, 0.3) is 0 Å². The third-order valence-corrected chi connectivity index (χ3v) is 7.25. The Balaban J connectivity index is 2.22. The van der Waals surface area contributed by atoms with Crippen LogP contribution in [0.1, 0.15) is 5.56 Å². The first kappa shape index (κ1) is 10.1. The Kier molecular flexibility index (Phi) is 3.05. The van der Waals surface area contributed by atoms with Crippen molar-refractivity contribution < 1.29 is 0 Å². The molecule has 0 bridgehead atoms. The first-order valence-electron chi connectivity index (χ1n) is 3.78. The maximum atomic E-state index is 6.03. The van der Waals surface area contributed by atoms with Gasteiger partial charge in [0.2, 0.25) is 0 Å². The third-order valence-electron chi connectivity index (χ3n) is 1.63. The first-order valence-corrected chi connectivity index (χ1v) is 7.52. The van der Waals surface area contributed by atoms with Gasteiger partial charge in [0.1, 0.15) is 0 Å². The molecule has 1 aromatic rings. The van der Waals surface area contributed by atoms with E-state index in [1.807, 2.05) is 6.07 Å². The van der Waals surface area contributed by atoms with Gasteiger partial charge >= 0.3 is 103 Å². The Morgan fingerprint density at radius 2 is 2.00 bits per heavy atom. The van der Waals surface area contributed by atoms with E-state index in [2.05, 4.69) is 51.8 Å². The summed E-state index contributed by atoms with van der Waals surface area (Å²) in [7, 11) is 0. The van der Waals surface area contributed by atoms with Gasteiger partial charge in [-0.2, -0.15) is 0 Å². The third kappa shape index (κ3) is 2.50. The molecule has 1 atom stereocenters. The number of benzene rings is 1. The number of hydrogen-bond donors (Lipinski definition) is 1. The quantitative estimate of drug-likeness (QED) is 0.357. The van der Waals surface area contributed by atoms with Crippen LogP contribution >= 0.6 is 34.4 Å². The molecule has 68 valence electrons. The van der Waals surface area contributed by atoms with Crippen molar-refractivity contribution in [2.45, 2.75) is 1.78 Å². The molecule has 1 aromatic carbocycles. The molecule has 4 heteroatoms. The minimum absolute atomic E-state index is 0.0735. The summed E-state index contributed by atoms with van der Waals surface area (Å²) in [6.45, 7) is 0. The summed E-state index contributed by atoms with van der Waals surface area (Å²) in [6, 6.07) is 10.4. The van der Waals surface area contributed by atoms with E-state index in [1.165, 1.54) is 10.5 Å². The van der Waals surface area contributed by atoms with Crippen molar-refractivity contribution in [2.75, 3.05) is 0 Å². The van der Waals surface area contributed by atoms with Gasteiger partial charge < -0.3 is 0 Å². The average molecular weight is 368 g/mol. The molecule has 1 heterocycles. The average Bonchev–Trinajstić information content (AvgIpc) is 2.48.